The number of rotatable bonds is 2. The average molecular weight is 464 g/mol. The van der Waals surface area contributed by atoms with Gasteiger partial charge in [-0.1, -0.05) is 62.2 Å². The van der Waals surface area contributed by atoms with Gasteiger partial charge in [0.1, 0.15) is 0 Å². The molecule has 1 aliphatic carbocycles. The lowest BCUT2D eigenvalue weighted by atomic mass is 9.71. The van der Waals surface area contributed by atoms with Crippen LogP contribution in [-0.4, -0.2) is 17.2 Å². The van der Waals surface area contributed by atoms with E-state index in [2.05, 4.69) is 31.9 Å². The van der Waals surface area contributed by atoms with Gasteiger partial charge in [-0.15, -0.1) is 0 Å². The summed E-state index contributed by atoms with van der Waals surface area (Å²) < 4.78 is 82.7. The van der Waals surface area contributed by atoms with E-state index in [0.717, 1.165) is 24.3 Å². The minimum atomic E-state index is -5.53. The first-order valence-electron chi connectivity index (χ1n) is 6.42. The van der Waals surface area contributed by atoms with E-state index in [0.29, 0.717) is 4.47 Å². The predicted octanol–water partition coefficient (Wildman–Crippen LogP) is 6.46. The number of allylic oxidation sites excluding steroid dienone is 4. The maximum Gasteiger partial charge on any atom is 0.411 e. The molecular formula is C15H10Br2F6. The summed E-state index contributed by atoms with van der Waals surface area (Å²) in [7, 11) is 0. The Kier molecular flexibility index (Phi) is 5.07. The summed E-state index contributed by atoms with van der Waals surface area (Å²) in [6, 6.07) is 4.03. The summed E-state index contributed by atoms with van der Waals surface area (Å²) in [4.78, 5) is -0.282. The number of benzene rings is 1. The summed E-state index contributed by atoms with van der Waals surface area (Å²) in [6.45, 7) is 0. The Balaban J connectivity index is 2.77. The summed E-state index contributed by atoms with van der Waals surface area (Å²) >= 11 is 6.17. The Bertz CT molecular complexity index is 611. The van der Waals surface area contributed by atoms with Crippen LogP contribution in [0.2, 0.25) is 0 Å². The Morgan fingerprint density at radius 2 is 1.43 bits per heavy atom. The molecule has 0 saturated heterocycles. The summed E-state index contributed by atoms with van der Waals surface area (Å²) in [6.07, 6.45) is -7.84. The fraction of sp³-hybridized carbons (Fsp3) is 0.333. The van der Waals surface area contributed by atoms with Crippen LogP contribution in [-0.2, 0) is 5.41 Å². The number of alkyl halides is 7. The molecule has 1 aliphatic rings. The summed E-state index contributed by atoms with van der Waals surface area (Å²) in [5.41, 5.74) is -5.72. The normalized spacial score (nSPS) is 19.7. The molecule has 0 heterocycles. The first-order valence-corrected chi connectivity index (χ1v) is 8.13. The van der Waals surface area contributed by atoms with Crippen molar-refractivity contribution in [2.24, 2.45) is 0 Å². The van der Waals surface area contributed by atoms with Gasteiger partial charge in [0.05, 0.1) is 0 Å². The van der Waals surface area contributed by atoms with Crippen molar-refractivity contribution in [1.82, 2.24) is 0 Å². The highest BCUT2D eigenvalue weighted by Crippen LogP contribution is 2.57. The fourth-order valence-corrected chi connectivity index (χ4v) is 3.16. The van der Waals surface area contributed by atoms with Gasteiger partial charge in [-0.25, -0.2) is 0 Å². The molecule has 0 fully saturated rings. The van der Waals surface area contributed by atoms with Crippen molar-refractivity contribution in [2.45, 2.75) is 29.0 Å². The maximum absolute atomic E-state index is 13.7. The van der Waals surface area contributed by atoms with Crippen molar-refractivity contribution in [3.05, 3.63) is 58.1 Å². The van der Waals surface area contributed by atoms with E-state index in [9.17, 15) is 26.3 Å². The molecule has 0 bridgehead atoms. The SMILES string of the molecule is FC(F)(F)C(C1=CCC(Br)C=C1)(c1ccc(Br)cc1)C(F)(F)F. The minimum Gasteiger partial charge on any atom is -0.169 e. The Labute approximate surface area is 145 Å². The highest BCUT2D eigenvalue weighted by atomic mass is 79.9. The van der Waals surface area contributed by atoms with Crippen LogP contribution in [0.25, 0.3) is 0 Å². The third kappa shape index (κ3) is 3.24. The fourth-order valence-electron chi connectivity index (χ4n) is 2.55. The van der Waals surface area contributed by atoms with Crippen LogP contribution < -0.4 is 0 Å². The van der Waals surface area contributed by atoms with E-state index in [4.69, 9.17) is 0 Å². The summed E-state index contributed by atoms with van der Waals surface area (Å²) in [5, 5.41) is 0. The standard InChI is InChI=1S/C15H10Br2F6/c16-11-5-1-9(2-6-11)13(14(18,19)20,15(21,22)23)10-3-7-12(17)8-4-10/h1-7,12H,8H2. The van der Waals surface area contributed by atoms with Gasteiger partial charge in [0.25, 0.3) is 0 Å². The Morgan fingerprint density at radius 1 is 0.913 bits per heavy atom. The molecule has 2 rings (SSSR count). The van der Waals surface area contributed by atoms with Crippen LogP contribution in [0.4, 0.5) is 26.3 Å². The molecule has 8 heteroatoms. The van der Waals surface area contributed by atoms with Crippen molar-refractivity contribution in [2.75, 3.05) is 0 Å². The highest BCUT2D eigenvalue weighted by molar-refractivity contribution is 9.10. The average Bonchev–Trinajstić information content (AvgIpc) is 2.40. The van der Waals surface area contributed by atoms with Crippen molar-refractivity contribution >= 4 is 31.9 Å². The zero-order valence-corrected chi connectivity index (χ0v) is 14.5. The molecule has 0 N–H and O–H groups in total. The van der Waals surface area contributed by atoms with Crippen molar-refractivity contribution in [1.29, 1.82) is 0 Å². The second kappa shape index (κ2) is 6.27. The zero-order valence-electron chi connectivity index (χ0n) is 11.3. The first kappa shape index (κ1) is 18.6. The molecule has 1 unspecified atom stereocenters. The topological polar surface area (TPSA) is 0 Å². The second-order valence-corrected chi connectivity index (χ2v) is 7.11. The predicted molar refractivity (Wildman–Crippen MR) is 82.5 cm³/mol. The number of hydrogen-bond acceptors (Lipinski definition) is 0. The first-order chi connectivity index (χ1) is 10.5. The van der Waals surface area contributed by atoms with E-state index < -0.39 is 28.9 Å². The molecule has 0 nitrogen and oxygen atoms in total. The third-order valence-electron chi connectivity index (χ3n) is 3.61. The molecule has 126 valence electrons. The van der Waals surface area contributed by atoms with Gasteiger partial charge < -0.3 is 0 Å². The Hall–Kier alpha value is -0.760. The van der Waals surface area contributed by atoms with Crippen LogP contribution in [0, 0.1) is 0 Å². The molecule has 0 radical (unpaired) electrons. The van der Waals surface area contributed by atoms with E-state index in [1.165, 1.54) is 18.2 Å². The van der Waals surface area contributed by atoms with Crippen LogP contribution in [0.1, 0.15) is 12.0 Å². The molecule has 0 saturated carbocycles. The van der Waals surface area contributed by atoms with E-state index in [1.54, 1.807) is 0 Å². The number of hydrogen-bond donors (Lipinski definition) is 0. The van der Waals surface area contributed by atoms with Crippen molar-refractivity contribution in [3.63, 3.8) is 0 Å². The van der Waals surface area contributed by atoms with Crippen molar-refractivity contribution in [3.8, 4) is 0 Å². The monoisotopic (exact) mass is 462 g/mol. The van der Waals surface area contributed by atoms with Crippen LogP contribution >= 0.6 is 31.9 Å². The van der Waals surface area contributed by atoms with Crippen molar-refractivity contribution < 1.29 is 26.3 Å². The molecule has 1 aromatic carbocycles. The minimum absolute atomic E-state index is 0.0519. The molecule has 0 amide bonds. The molecule has 0 spiro atoms. The zero-order chi connectivity index (χ0) is 17.5. The lowest BCUT2D eigenvalue weighted by molar-refractivity contribution is -0.289. The molecule has 1 atom stereocenters. The molecule has 0 aromatic heterocycles. The van der Waals surface area contributed by atoms with Crippen LogP contribution in [0.15, 0.2) is 52.5 Å². The van der Waals surface area contributed by atoms with Gasteiger partial charge in [-0.2, -0.15) is 26.3 Å². The van der Waals surface area contributed by atoms with E-state index in [-0.39, 0.29) is 11.2 Å². The highest BCUT2D eigenvalue weighted by Gasteiger charge is 2.72. The van der Waals surface area contributed by atoms with E-state index in [1.807, 2.05) is 0 Å². The van der Waals surface area contributed by atoms with Crippen LogP contribution in [0.3, 0.4) is 0 Å². The second-order valence-electron chi connectivity index (χ2n) is 5.02. The third-order valence-corrected chi connectivity index (χ3v) is 4.82. The van der Waals surface area contributed by atoms with Crippen LogP contribution in [0.5, 0.6) is 0 Å². The van der Waals surface area contributed by atoms with Gasteiger partial charge in [-0.3, -0.25) is 0 Å². The number of halogens is 8. The lowest BCUT2D eigenvalue weighted by Crippen LogP contribution is -2.55. The Morgan fingerprint density at radius 3 is 1.83 bits per heavy atom. The molecule has 23 heavy (non-hydrogen) atoms. The van der Waals surface area contributed by atoms with Gasteiger partial charge in [0, 0.05) is 9.30 Å². The smallest absolute Gasteiger partial charge is 0.169 e. The van der Waals surface area contributed by atoms with Gasteiger partial charge >= 0.3 is 12.4 Å². The van der Waals surface area contributed by atoms with Gasteiger partial charge in [0.15, 0.2) is 0 Å². The summed E-state index contributed by atoms with van der Waals surface area (Å²) in [5.74, 6) is 0. The maximum atomic E-state index is 13.7. The molecular weight excluding hydrogens is 454 g/mol. The quantitative estimate of drug-likeness (QED) is 0.348. The largest absolute Gasteiger partial charge is 0.411 e. The lowest BCUT2D eigenvalue weighted by Gasteiger charge is -2.39. The van der Waals surface area contributed by atoms with E-state index >= 15 is 0 Å². The molecule has 0 aliphatic heterocycles. The molecule has 1 aromatic rings. The van der Waals surface area contributed by atoms with Gasteiger partial charge in [-0.05, 0) is 29.7 Å². The van der Waals surface area contributed by atoms with Gasteiger partial charge in [0.2, 0.25) is 5.41 Å².